The molecule has 1 atom stereocenters. The monoisotopic (exact) mass is 280 g/mol. The van der Waals surface area contributed by atoms with Crippen LogP contribution in [0.4, 0.5) is 0 Å². The highest BCUT2D eigenvalue weighted by atomic mass is 32.2. The van der Waals surface area contributed by atoms with Crippen LogP contribution in [-0.2, 0) is 11.3 Å². The summed E-state index contributed by atoms with van der Waals surface area (Å²) >= 11 is 1.60. The van der Waals surface area contributed by atoms with Crippen LogP contribution in [0.2, 0.25) is 0 Å². The Kier molecular flexibility index (Phi) is 6.95. The van der Waals surface area contributed by atoms with Gasteiger partial charge in [-0.05, 0) is 32.8 Å². The number of benzene rings is 1. The first-order chi connectivity index (χ1) is 9.04. The van der Waals surface area contributed by atoms with Crippen LogP contribution in [-0.4, -0.2) is 54.4 Å². The van der Waals surface area contributed by atoms with Gasteiger partial charge in [0.1, 0.15) is 0 Å². The predicted octanol–water partition coefficient (Wildman–Crippen LogP) is 2.33. The molecule has 106 valence electrons. The molecule has 0 N–H and O–H groups in total. The summed E-state index contributed by atoms with van der Waals surface area (Å²) in [5, 5.41) is 0.0193. The van der Waals surface area contributed by atoms with E-state index in [1.165, 1.54) is 5.56 Å². The number of hydrogen-bond acceptors (Lipinski definition) is 3. The van der Waals surface area contributed by atoms with E-state index in [4.69, 9.17) is 0 Å². The minimum Gasteiger partial charge on any atom is -0.336 e. The first-order valence-electron chi connectivity index (χ1n) is 6.55. The van der Waals surface area contributed by atoms with Crippen molar-refractivity contribution >= 4 is 17.7 Å². The number of carbonyl (C=O) groups is 1. The zero-order chi connectivity index (χ0) is 14.3. The molecule has 0 bridgehead atoms. The summed E-state index contributed by atoms with van der Waals surface area (Å²) in [6, 6.07) is 10.2. The predicted molar refractivity (Wildman–Crippen MR) is 83.4 cm³/mol. The third kappa shape index (κ3) is 5.66. The van der Waals surface area contributed by atoms with Gasteiger partial charge in [-0.15, -0.1) is 0 Å². The van der Waals surface area contributed by atoms with Gasteiger partial charge in [-0.1, -0.05) is 30.3 Å². The van der Waals surface area contributed by atoms with Crippen molar-refractivity contribution in [2.45, 2.75) is 18.7 Å². The molecule has 1 rings (SSSR count). The van der Waals surface area contributed by atoms with Crippen molar-refractivity contribution in [2.75, 3.05) is 33.4 Å². The van der Waals surface area contributed by atoms with Crippen LogP contribution in [0.5, 0.6) is 0 Å². The van der Waals surface area contributed by atoms with Crippen LogP contribution in [0.3, 0.4) is 0 Å². The maximum atomic E-state index is 12.4. The molecule has 3 nitrogen and oxygen atoms in total. The molecule has 0 unspecified atom stereocenters. The zero-order valence-corrected chi connectivity index (χ0v) is 13.1. The highest BCUT2D eigenvalue weighted by Gasteiger charge is 2.19. The molecular formula is C15H24N2OS. The second kappa shape index (κ2) is 8.23. The highest BCUT2D eigenvalue weighted by molar-refractivity contribution is 7.99. The Labute approximate surface area is 121 Å². The maximum Gasteiger partial charge on any atom is 0.235 e. The normalized spacial score (nSPS) is 12.5. The molecule has 0 aliphatic heterocycles. The Bertz CT molecular complexity index is 381. The molecule has 0 aromatic heterocycles. The lowest BCUT2D eigenvalue weighted by Crippen LogP contribution is -2.40. The lowest BCUT2D eigenvalue weighted by Gasteiger charge is -2.26. The summed E-state index contributed by atoms with van der Waals surface area (Å²) in [6.45, 7) is 4.32. The van der Waals surface area contributed by atoms with Gasteiger partial charge in [0.05, 0.1) is 5.25 Å². The van der Waals surface area contributed by atoms with Crippen molar-refractivity contribution in [1.29, 1.82) is 0 Å². The van der Waals surface area contributed by atoms with Gasteiger partial charge < -0.3 is 9.80 Å². The molecule has 1 aromatic carbocycles. The molecule has 0 aliphatic carbocycles. The van der Waals surface area contributed by atoms with Crippen LogP contribution in [0, 0.1) is 0 Å². The fraction of sp³-hybridized carbons (Fsp3) is 0.533. The van der Waals surface area contributed by atoms with Crippen molar-refractivity contribution < 1.29 is 4.79 Å². The molecule has 0 radical (unpaired) electrons. The lowest BCUT2D eigenvalue weighted by atomic mass is 10.2. The van der Waals surface area contributed by atoms with Crippen LogP contribution >= 0.6 is 11.8 Å². The Balaban J connectivity index is 2.71. The minimum atomic E-state index is 0.0193. The third-order valence-electron chi connectivity index (χ3n) is 3.05. The van der Waals surface area contributed by atoms with Crippen molar-refractivity contribution in [3.8, 4) is 0 Å². The molecule has 4 heteroatoms. The Morgan fingerprint density at radius 2 is 1.84 bits per heavy atom. The minimum absolute atomic E-state index is 0.0193. The van der Waals surface area contributed by atoms with E-state index in [1.807, 2.05) is 50.4 Å². The number of amides is 1. The summed E-state index contributed by atoms with van der Waals surface area (Å²) in [5.74, 6) is 0.221. The number of thioether (sulfide) groups is 1. The fourth-order valence-electron chi connectivity index (χ4n) is 1.75. The SMILES string of the molecule is CS[C@H](C)C(=O)N(CCN(C)C)Cc1ccccc1. The van der Waals surface area contributed by atoms with E-state index in [0.717, 1.165) is 13.1 Å². The molecule has 0 aliphatic rings. The summed E-state index contributed by atoms with van der Waals surface area (Å²) in [5.41, 5.74) is 1.18. The van der Waals surface area contributed by atoms with Gasteiger partial charge in [0, 0.05) is 19.6 Å². The van der Waals surface area contributed by atoms with E-state index in [1.54, 1.807) is 11.8 Å². The zero-order valence-electron chi connectivity index (χ0n) is 12.3. The molecule has 0 spiro atoms. The van der Waals surface area contributed by atoms with Gasteiger partial charge in [0.2, 0.25) is 5.91 Å². The first-order valence-corrected chi connectivity index (χ1v) is 7.83. The molecule has 1 aromatic rings. The topological polar surface area (TPSA) is 23.6 Å². The number of nitrogens with zero attached hydrogens (tertiary/aromatic N) is 2. The maximum absolute atomic E-state index is 12.4. The smallest absolute Gasteiger partial charge is 0.235 e. The summed E-state index contributed by atoms with van der Waals surface area (Å²) in [6.07, 6.45) is 1.98. The second-order valence-electron chi connectivity index (χ2n) is 4.93. The van der Waals surface area contributed by atoms with Gasteiger partial charge >= 0.3 is 0 Å². The van der Waals surface area contributed by atoms with Gasteiger partial charge in [-0.25, -0.2) is 0 Å². The molecule has 0 saturated heterocycles. The standard InChI is InChI=1S/C15H24N2OS/c1-13(19-4)15(18)17(11-10-16(2)3)12-14-8-6-5-7-9-14/h5-9,13H,10-12H2,1-4H3/t13-/m1/s1. The average molecular weight is 280 g/mol. The van der Waals surface area contributed by atoms with Crippen molar-refractivity contribution in [3.63, 3.8) is 0 Å². The van der Waals surface area contributed by atoms with Gasteiger partial charge in [-0.3, -0.25) is 4.79 Å². The largest absolute Gasteiger partial charge is 0.336 e. The summed E-state index contributed by atoms with van der Waals surface area (Å²) in [7, 11) is 4.06. The van der Waals surface area contributed by atoms with Gasteiger partial charge in [-0.2, -0.15) is 11.8 Å². The van der Waals surface area contributed by atoms with Crippen molar-refractivity contribution in [1.82, 2.24) is 9.80 Å². The first kappa shape index (κ1) is 16.1. The lowest BCUT2D eigenvalue weighted by molar-refractivity contribution is -0.131. The van der Waals surface area contributed by atoms with Crippen LogP contribution in [0.25, 0.3) is 0 Å². The van der Waals surface area contributed by atoms with Gasteiger partial charge in [0.15, 0.2) is 0 Å². The number of hydrogen-bond donors (Lipinski definition) is 0. The van der Waals surface area contributed by atoms with E-state index < -0.39 is 0 Å². The second-order valence-corrected chi connectivity index (χ2v) is 6.11. The van der Waals surface area contributed by atoms with Crippen LogP contribution < -0.4 is 0 Å². The van der Waals surface area contributed by atoms with Crippen molar-refractivity contribution in [3.05, 3.63) is 35.9 Å². The van der Waals surface area contributed by atoms with E-state index in [-0.39, 0.29) is 11.2 Å². The van der Waals surface area contributed by atoms with E-state index >= 15 is 0 Å². The quantitative estimate of drug-likeness (QED) is 0.766. The fourth-order valence-corrected chi connectivity index (χ4v) is 2.10. The molecular weight excluding hydrogens is 256 g/mol. The summed E-state index contributed by atoms with van der Waals surface area (Å²) < 4.78 is 0. The Hall–Kier alpha value is -1.00. The molecule has 19 heavy (non-hydrogen) atoms. The number of carbonyl (C=O) groups excluding carboxylic acids is 1. The Morgan fingerprint density at radius 3 is 2.37 bits per heavy atom. The van der Waals surface area contributed by atoms with E-state index in [9.17, 15) is 4.79 Å². The molecule has 0 heterocycles. The molecule has 0 fully saturated rings. The average Bonchev–Trinajstić information content (AvgIpc) is 2.42. The van der Waals surface area contributed by atoms with Crippen LogP contribution in [0.1, 0.15) is 12.5 Å². The summed E-state index contributed by atoms with van der Waals surface area (Å²) in [4.78, 5) is 16.4. The highest BCUT2D eigenvalue weighted by Crippen LogP contribution is 2.12. The van der Waals surface area contributed by atoms with Crippen LogP contribution in [0.15, 0.2) is 30.3 Å². The molecule has 0 saturated carbocycles. The van der Waals surface area contributed by atoms with E-state index in [0.29, 0.717) is 6.54 Å². The number of rotatable bonds is 7. The van der Waals surface area contributed by atoms with Crippen molar-refractivity contribution in [2.24, 2.45) is 0 Å². The van der Waals surface area contributed by atoms with E-state index in [2.05, 4.69) is 17.0 Å². The molecule has 1 amide bonds. The Morgan fingerprint density at radius 1 is 1.21 bits per heavy atom. The third-order valence-corrected chi connectivity index (χ3v) is 3.96. The van der Waals surface area contributed by atoms with Gasteiger partial charge in [0.25, 0.3) is 0 Å². The number of likely N-dealkylation sites (N-methyl/N-ethyl adjacent to an activating group) is 1.